The molecule has 96 valence electrons. The van der Waals surface area contributed by atoms with E-state index in [4.69, 9.17) is 4.74 Å². The van der Waals surface area contributed by atoms with Gasteiger partial charge in [0.15, 0.2) is 0 Å². The topological polar surface area (TPSA) is 46.6 Å². The smallest absolute Gasteiger partial charge is 0.337 e. The molecule has 1 saturated heterocycles. The Bertz CT molecular complexity index is 487. The van der Waals surface area contributed by atoms with Crippen LogP contribution in [0.3, 0.4) is 0 Å². The number of carbonyl (C=O) groups excluding carboxylic acids is 2. The van der Waals surface area contributed by atoms with Crippen LogP contribution in [0, 0.1) is 0 Å². The average molecular weight is 265 g/mol. The van der Waals surface area contributed by atoms with Gasteiger partial charge in [0.05, 0.1) is 12.7 Å². The van der Waals surface area contributed by atoms with E-state index in [0.29, 0.717) is 12.0 Å². The average Bonchev–Trinajstić information content (AvgIpc) is 2.83. The number of hydrogen-bond donors (Lipinski definition) is 0. The van der Waals surface area contributed by atoms with Crippen LogP contribution in [-0.2, 0) is 9.53 Å². The number of methoxy groups -OCH3 is 1. The maximum absolute atomic E-state index is 11.7. The van der Waals surface area contributed by atoms with Gasteiger partial charge >= 0.3 is 5.97 Å². The van der Waals surface area contributed by atoms with Crippen LogP contribution in [0.4, 0.5) is 5.69 Å². The molecule has 0 aliphatic carbocycles. The van der Waals surface area contributed by atoms with E-state index < -0.39 is 0 Å². The molecule has 1 aromatic carbocycles. The number of anilines is 1. The van der Waals surface area contributed by atoms with Crippen LogP contribution < -0.4 is 4.90 Å². The summed E-state index contributed by atoms with van der Waals surface area (Å²) in [6.07, 6.45) is 3.39. The molecule has 0 spiro atoms. The third-order valence-electron chi connectivity index (χ3n) is 2.93. The SMILES string of the molecule is COC(=O)c1cc(SC)cc(N2CCCC2=O)c1. The Kier molecular flexibility index (Phi) is 3.91. The van der Waals surface area contributed by atoms with E-state index >= 15 is 0 Å². The zero-order chi connectivity index (χ0) is 13.1. The molecule has 18 heavy (non-hydrogen) atoms. The standard InChI is InChI=1S/C13H15NO3S/c1-17-13(16)9-6-10(8-11(7-9)18-2)14-5-3-4-12(14)15/h6-8H,3-5H2,1-2H3. The number of esters is 1. The van der Waals surface area contributed by atoms with E-state index in [-0.39, 0.29) is 11.9 Å². The highest BCUT2D eigenvalue weighted by atomic mass is 32.2. The van der Waals surface area contributed by atoms with Gasteiger partial charge in [0.2, 0.25) is 5.91 Å². The Hall–Kier alpha value is -1.49. The number of carbonyl (C=O) groups is 2. The lowest BCUT2D eigenvalue weighted by atomic mass is 10.2. The highest BCUT2D eigenvalue weighted by molar-refractivity contribution is 7.98. The molecule has 0 saturated carbocycles. The van der Waals surface area contributed by atoms with Gasteiger partial charge in [0.25, 0.3) is 0 Å². The maximum atomic E-state index is 11.7. The molecule has 2 rings (SSSR count). The molecule has 1 aliphatic rings. The fraction of sp³-hybridized carbons (Fsp3) is 0.385. The van der Waals surface area contributed by atoms with Crippen molar-refractivity contribution in [2.45, 2.75) is 17.7 Å². The molecule has 1 fully saturated rings. The molecular formula is C13H15NO3S. The number of nitrogens with zero attached hydrogens (tertiary/aromatic N) is 1. The van der Waals surface area contributed by atoms with Crippen LogP contribution in [0.25, 0.3) is 0 Å². The molecule has 0 aromatic heterocycles. The quantitative estimate of drug-likeness (QED) is 0.621. The second kappa shape index (κ2) is 5.44. The van der Waals surface area contributed by atoms with Crippen LogP contribution in [0.15, 0.2) is 23.1 Å². The Morgan fingerprint density at radius 3 is 2.72 bits per heavy atom. The van der Waals surface area contributed by atoms with Gasteiger partial charge in [-0.25, -0.2) is 4.79 Å². The van der Waals surface area contributed by atoms with Gasteiger partial charge < -0.3 is 9.64 Å². The monoisotopic (exact) mass is 265 g/mol. The highest BCUT2D eigenvalue weighted by Crippen LogP contribution is 2.28. The van der Waals surface area contributed by atoms with Crippen molar-refractivity contribution in [2.24, 2.45) is 0 Å². The molecule has 0 bridgehead atoms. The lowest BCUT2D eigenvalue weighted by Gasteiger charge is -2.17. The first kappa shape index (κ1) is 13.0. The molecule has 4 nitrogen and oxygen atoms in total. The van der Waals surface area contributed by atoms with Gasteiger partial charge in [-0.3, -0.25) is 4.79 Å². The number of rotatable bonds is 3. The van der Waals surface area contributed by atoms with Gasteiger partial charge in [-0.2, -0.15) is 0 Å². The number of thioether (sulfide) groups is 1. The minimum atomic E-state index is -0.376. The highest BCUT2D eigenvalue weighted by Gasteiger charge is 2.23. The Morgan fingerprint density at radius 1 is 1.39 bits per heavy atom. The molecule has 0 unspecified atom stereocenters. The number of benzene rings is 1. The van der Waals surface area contributed by atoms with E-state index in [1.54, 1.807) is 17.0 Å². The Morgan fingerprint density at radius 2 is 2.17 bits per heavy atom. The maximum Gasteiger partial charge on any atom is 0.337 e. The fourth-order valence-corrected chi connectivity index (χ4v) is 2.50. The van der Waals surface area contributed by atoms with Crippen molar-refractivity contribution in [2.75, 3.05) is 24.8 Å². The van der Waals surface area contributed by atoms with Crippen molar-refractivity contribution in [3.63, 3.8) is 0 Å². The summed E-state index contributed by atoms with van der Waals surface area (Å²) in [5.41, 5.74) is 1.27. The van der Waals surface area contributed by atoms with Crippen molar-refractivity contribution >= 4 is 29.3 Å². The van der Waals surface area contributed by atoms with Crippen molar-refractivity contribution in [3.8, 4) is 0 Å². The van der Waals surface area contributed by atoms with E-state index in [1.807, 2.05) is 12.3 Å². The Labute approximate surface area is 110 Å². The molecule has 1 aliphatic heterocycles. The first-order chi connectivity index (χ1) is 8.65. The van der Waals surface area contributed by atoms with Crippen LogP contribution >= 0.6 is 11.8 Å². The summed E-state index contributed by atoms with van der Waals surface area (Å²) in [7, 11) is 1.36. The van der Waals surface area contributed by atoms with E-state index in [1.165, 1.54) is 18.9 Å². The number of hydrogen-bond acceptors (Lipinski definition) is 4. The molecule has 5 heteroatoms. The summed E-state index contributed by atoms with van der Waals surface area (Å²) in [5.74, 6) is -0.261. The predicted octanol–water partition coefficient (Wildman–Crippen LogP) is 2.32. The first-order valence-electron chi connectivity index (χ1n) is 5.73. The molecule has 1 heterocycles. The van der Waals surface area contributed by atoms with Gasteiger partial charge in [0.1, 0.15) is 0 Å². The van der Waals surface area contributed by atoms with Crippen LogP contribution in [0.2, 0.25) is 0 Å². The zero-order valence-corrected chi connectivity index (χ0v) is 11.3. The molecule has 0 atom stereocenters. The summed E-state index contributed by atoms with van der Waals surface area (Å²) < 4.78 is 4.73. The molecule has 0 radical (unpaired) electrons. The third-order valence-corrected chi connectivity index (χ3v) is 3.64. The van der Waals surface area contributed by atoms with Crippen molar-refractivity contribution in [1.82, 2.24) is 0 Å². The van der Waals surface area contributed by atoms with Crippen LogP contribution in [0.5, 0.6) is 0 Å². The normalized spacial score (nSPS) is 15.0. The summed E-state index contributed by atoms with van der Waals surface area (Å²) in [4.78, 5) is 26.0. The summed E-state index contributed by atoms with van der Waals surface area (Å²) in [5, 5.41) is 0. The third kappa shape index (κ3) is 2.51. The van der Waals surface area contributed by atoms with Gasteiger partial charge in [-0.15, -0.1) is 11.8 Å². The lowest BCUT2D eigenvalue weighted by molar-refractivity contribution is -0.117. The second-order valence-corrected chi connectivity index (χ2v) is 4.94. The van der Waals surface area contributed by atoms with Crippen molar-refractivity contribution in [1.29, 1.82) is 0 Å². The second-order valence-electron chi connectivity index (χ2n) is 4.06. The zero-order valence-electron chi connectivity index (χ0n) is 10.4. The molecule has 1 amide bonds. The minimum Gasteiger partial charge on any atom is -0.465 e. The molecular weight excluding hydrogens is 250 g/mol. The minimum absolute atomic E-state index is 0.115. The number of ether oxygens (including phenoxy) is 1. The first-order valence-corrected chi connectivity index (χ1v) is 6.96. The molecule has 0 N–H and O–H groups in total. The Balaban J connectivity index is 2.40. The lowest BCUT2D eigenvalue weighted by Crippen LogP contribution is -2.24. The predicted molar refractivity (Wildman–Crippen MR) is 71.1 cm³/mol. The van der Waals surface area contributed by atoms with Gasteiger partial charge in [-0.05, 0) is 30.9 Å². The molecule has 1 aromatic rings. The van der Waals surface area contributed by atoms with Gasteiger partial charge in [-0.1, -0.05) is 0 Å². The summed E-state index contributed by atoms with van der Waals surface area (Å²) in [6.45, 7) is 0.720. The van der Waals surface area contributed by atoms with Crippen LogP contribution in [-0.4, -0.2) is 31.8 Å². The largest absolute Gasteiger partial charge is 0.465 e. The van der Waals surface area contributed by atoms with Crippen molar-refractivity contribution in [3.05, 3.63) is 23.8 Å². The summed E-state index contributed by atoms with van der Waals surface area (Å²) >= 11 is 1.54. The van der Waals surface area contributed by atoms with E-state index in [2.05, 4.69) is 0 Å². The van der Waals surface area contributed by atoms with E-state index in [9.17, 15) is 9.59 Å². The fourth-order valence-electron chi connectivity index (χ4n) is 2.01. The summed E-state index contributed by atoms with van der Waals surface area (Å²) in [6, 6.07) is 5.43. The van der Waals surface area contributed by atoms with Gasteiger partial charge in [0, 0.05) is 23.5 Å². The number of amides is 1. The van der Waals surface area contributed by atoms with Crippen molar-refractivity contribution < 1.29 is 14.3 Å². The van der Waals surface area contributed by atoms with E-state index in [0.717, 1.165) is 23.5 Å². The van der Waals surface area contributed by atoms with Crippen LogP contribution in [0.1, 0.15) is 23.2 Å².